The van der Waals surface area contributed by atoms with Crippen LogP contribution >= 0.6 is 0 Å². The van der Waals surface area contributed by atoms with Gasteiger partial charge >= 0.3 is 6.18 Å². The van der Waals surface area contributed by atoms with E-state index < -0.39 is 23.7 Å². The van der Waals surface area contributed by atoms with Crippen molar-refractivity contribution in [2.75, 3.05) is 7.05 Å². The number of nitrogens with zero attached hydrogens (tertiary/aromatic N) is 2. The van der Waals surface area contributed by atoms with Crippen molar-refractivity contribution in [2.45, 2.75) is 13.1 Å². The highest BCUT2D eigenvalue weighted by Crippen LogP contribution is 2.26. The Morgan fingerprint density at radius 2 is 2.00 bits per heavy atom. The second-order valence-corrected chi connectivity index (χ2v) is 2.87. The first-order chi connectivity index (χ1) is 8.20. The van der Waals surface area contributed by atoms with Gasteiger partial charge in [-0.2, -0.15) is 18.2 Å². The standard InChI is InChI=1S/C9H11F3N4O2/c1-5(15-2)18-6(9(10,11)12)3-8(17)16-7(14)4-13/h3-4,13H,1-2H3,(H2,14,16,17). The van der Waals surface area contributed by atoms with Crippen molar-refractivity contribution in [1.29, 1.82) is 5.41 Å². The number of aliphatic imine (C=N–C) groups is 2. The van der Waals surface area contributed by atoms with Crippen LogP contribution in [0, 0.1) is 5.41 Å². The van der Waals surface area contributed by atoms with E-state index in [1.54, 1.807) is 0 Å². The predicted molar refractivity (Wildman–Crippen MR) is 59.7 cm³/mol. The molecule has 0 spiro atoms. The Bertz CT molecular complexity index is 424. The van der Waals surface area contributed by atoms with E-state index >= 15 is 0 Å². The number of carbonyl (C=O) groups is 1. The number of nitrogens with two attached hydrogens (primary N) is 1. The minimum atomic E-state index is -4.86. The van der Waals surface area contributed by atoms with Crippen LogP contribution in [0.5, 0.6) is 0 Å². The molecule has 0 aliphatic carbocycles. The summed E-state index contributed by atoms with van der Waals surface area (Å²) >= 11 is 0. The van der Waals surface area contributed by atoms with Crippen LogP contribution in [0.1, 0.15) is 6.92 Å². The smallest absolute Gasteiger partial charge is 0.438 e. The largest absolute Gasteiger partial charge is 0.449 e. The van der Waals surface area contributed by atoms with E-state index in [1.165, 1.54) is 14.0 Å². The van der Waals surface area contributed by atoms with Gasteiger partial charge in [-0.1, -0.05) is 0 Å². The van der Waals surface area contributed by atoms with E-state index in [0.717, 1.165) is 0 Å². The predicted octanol–water partition coefficient (Wildman–Crippen LogP) is 1.03. The van der Waals surface area contributed by atoms with Crippen molar-refractivity contribution in [3.63, 3.8) is 0 Å². The van der Waals surface area contributed by atoms with Gasteiger partial charge in [0.1, 0.15) is 5.84 Å². The van der Waals surface area contributed by atoms with Gasteiger partial charge in [-0.05, 0) is 0 Å². The lowest BCUT2D eigenvalue weighted by Gasteiger charge is -2.11. The molecule has 0 rings (SSSR count). The minimum absolute atomic E-state index is 0.130. The van der Waals surface area contributed by atoms with Gasteiger partial charge in [0.2, 0.25) is 5.76 Å². The summed E-state index contributed by atoms with van der Waals surface area (Å²) in [7, 11) is 1.23. The molecule has 0 radical (unpaired) electrons. The van der Waals surface area contributed by atoms with Crippen molar-refractivity contribution in [3.05, 3.63) is 11.8 Å². The number of carbonyl (C=O) groups excluding carboxylic acids is 1. The molecule has 9 heteroatoms. The molecule has 0 bridgehead atoms. The highest BCUT2D eigenvalue weighted by Gasteiger charge is 2.37. The lowest BCUT2D eigenvalue weighted by atomic mass is 10.4. The van der Waals surface area contributed by atoms with Gasteiger partial charge in [-0.3, -0.25) is 9.79 Å². The number of amides is 1. The average molecular weight is 264 g/mol. The molecule has 0 aliphatic heterocycles. The molecule has 6 nitrogen and oxygen atoms in total. The molecule has 0 saturated heterocycles. The Labute approximate surface area is 101 Å². The molecule has 0 aromatic heterocycles. The fourth-order valence-electron chi connectivity index (χ4n) is 0.678. The summed E-state index contributed by atoms with van der Waals surface area (Å²) in [4.78, 5) is 17.4. The molecule has 0 heterocycles. The molecule has 100 valence electrons. The minimum Gasteiger partial charge on any atom is -0.438 e. The van der Waals surface area contributed by atoms with Crippen molar-refractivity contribution in [1.82, 2.24) is 0 Å². The van der Waals surface area contributed by atoms with Crippen LogP contribution in [-0.2, 0) is 9.53 Å². The Hall–Kier alpha value is -2.19. The first kappa shape index (κ1) is 15.8. The van der Waals surface area contributed by atoms with Gasteiger partial charge in [-0.25, -0.2) is 0 Å². The van der Waals surface area contributed by atoms with Crippen LogP contribution in [0.25, 0.3) is 0 Å². The third kappa shape index (κ3) is 5.77. The number of nitrogens with one attached hydrogen (secondary N) is 1. The topological polar surface area (TPSA) is 101 Å². The zero-order valence-corrected chi connectivity index (χ0v) is 9.58. The van der Waals surface area contributed by atoms with Crippen LogP contribution in [-0.4, -0.2) is 37.1 Å². The molecule has 0 atom stereocenters. The van der Waals surface area contributed by atoms with Crippen LogP contribution in [0.2, 0.25) is 0 Å². The van der Waals surface area contributed by atoms with Gasteiger partial charge in [0, 0.05) is 14.0 Å². The lowest BCUT2D eigenvalue weighted by Crippen LogP contribution is -2.19. The average Bonchev–Trinajstić information content (AvgIpc) is 2.26. The number of hydrogen-bond donors (Lipinski definition) is 2. The fourth-order valence-corrected chi connectivity index (χ4v) is 0.678. The van der Waals surface area contributed by atoms with E-state index in [1.807, 2.05) is 0 Å². The summed E-state index contributed by atoms with van der Waals surface area (Å²) in [6.45, 7) is 1.19. The molecule has 0 aromatic carbocycles. The first-order valence-corrected chi connectivity index (χ1v) is 4.49. The number of alkyl halides is 3. The van der Waals surface area contributed by atoms with Crippen molar-refractivity contribution < 1.29 is 22.7 Å². The number of halogens is 3. The van der Waals surface area contributed by atoms with Gasteiger partial charge in [-0.15, -0.1) is 0 Å². The molecule has 0 unspecified atom stereocenters. The van der Waals surface area contributed by atoms with Crippen molar-refractivity contribution >= 4 is 23.9 Å². The number of allylic oxidation sites excluding steroid dienone is 1. The number of ether oxygens (including phenoxy) is 1. The zero-order chi connectivity index (χ0) is 14.3. The van der Waals surface area contributed by atoms with Gasteiger partial charge < -0.3 is 15.9 Å². The van der Waals surface area contributed by atoms with E-state index in [9.17, 15) is 18.0 Å². The number of hydrogen-bond acceptors (Lipinski definition) is 4. The van der Waals surface area contributed by atoms with Crippen molar-refractivity contribution in [3.8, 4) is 0 Å². The Balaban J connectivity index is 5.21. The Morgan fingerprint density at radius 3 is 2.39 bits per heavy atom. The maximum absolute atomic E-state index is 12.5. The SMILES string of the molecule is CN=C(C)OC(=CC(=O)N=C(N)C=N)C(F)(F)F. The molecular formula is C9H11F3N4O2. The molecule has 0 saturated carbocycles. The van der Waals surface area contributed by atoms with E-state index in [-0.39, 0.29) is 12.0 Å². The summed E-state index contributed by atoms with van der Waals surface area (Å²) in [5.74, 6) is -3.63. The summed E-state index contributed by atoms with van der Waals surface area (Å²) < 4.78 is 41.8. The highest BCUT2D eigenvalue weighted by molar-refractivity contribution is 6.30. The quantitative estimate of drug-likeness (QED) is 0.344. The van der Waals surface area contributed by atoms with Gasteiger partial charge in [0.05, 0.1) is 12.3 Å². The lowest BCUT2D eigenvalue weighted by molar-refractivity contribution is -0.123. The van der Waals surface area contributed by atoms with Crippen LogP contribution < -0.4 is 5.73 Å². The van der Waals surface area contributed by atoms with Crippen LogP contribution in [0.4, 0.5) is 13.2 Å². The summed E-state index contributed by atoms with van der Waals surface area (Å²) in [6, 6.07) is 0. The molecule has 18 heavy (non-hydrogen) atoms. The highest BCUT2D eigenvalue weighted by atomic mass is 19.4. The van der Waals surface area contributed by atoms with E-state index in [4.69, 9.17) is 11.1 Å². The van der Waals surface area contributed by atoms with Crippen molar-refractivity contribution in [2.24, 2.45) is 15.7 Å². The second-order valence-electron chi connectivity index (χ2n) is 2.87. The fraction of sp³-hybridized carbons (Fsp3) is 0.333. The number of rotatable bonds is 3. The third-order valence-electron chi connectivity index (χ3n) is 1.49. The monoisotopic (exact) mass is 264 g/mol. The molecule has 1 amide bonds. The molecule has 0 aromatic rings. The maximum atomic E-state index is 12.5. The first-order valence-electron chi connectivity index (χ1n) is 4.49. The van der Waals surface area contributed by atoms with Gasteiger partial charge in [0.15, 0.2) is 5.90 Å². The normalized spacial score (nSPS) is 14.4. The Morgan fingerprint density at radius 1 is 1.44 bits per heavy atom. The maximum Gasteiger partial charge on any atom is 0.449 e. The molecule has 0 aliphatic rings. The van der Waals surface area contributed by atoms with E-state index in [0.29, 0.717) is 6.21 Å². The molecular weight excluding hydrogens is 253 g/mol. The summed E-state index contributed by atoms with van der Waals surface area (Å²) in [5.41, 5.74) is 5.00. The molecule has 0 fully saturated rings. The number of amidine groups is 1. The van der Waals surface area contributed by atoms with E-state index in [2.05, 4.69) is 14.7 Å². The van der Waals surface area contributed by atoms with Gasteiger partial charge in [0.25, 0.3) is 5.91 Å². The third-order valence-corrected chi connectivity index (χ3v) is 1.49. The summed E-state index contributed by atoms with van der Waals surface area (Å²) in [5, 5.41) is 6.62. The summed E-state index contributed by atoms with van der Waals surface area (Å²) in [6.07, 6.45) is -4.21. The van der Waals surface area contributed by atoms with Crippen LogP contribution in [0.3, 0.4) is 0 Å². The van der Waals surface area contributed by atoms with Crippen LogP contribution in [0.15, 0.2) is 21.8 Å². The molecule has 3 N–H and O–H groups in total. The zero-order valence-electron chi connectivity index (χ0n) is 9.58. The second kappa shape index (κ2) is 6.52. The Kier molecular flexibility index (Phi) is 5.73.